The van der Waals surface area contributed by atoms with Crippen molar-refractivity contribution in [3.63, 3.8) is 0 Å². The third kappa shape index (κ3) is 6.85. The summed E-state index contributed by atoms with van der Waals surface area (Å²) in [5.41, 5.74) is 6.97. The molecule has 0 aliphatic heterocycles. The lowest BCUT2D eigenvalue weighted by molar-refractivity contribution is -0.121. The van der Waals surface area contributed by atoms with Crippen LogP contribution in [0.4, 0.5) is 4.39 Å². The number of nitrogens with one attached hydrogen (secondary N) is 1. The molecule has 1 heterocycles. The SMILES string of the molecule is CN(C)C(CNC(=O)CC(CC1CC1)c1ccncc1)Cc1ccc(C(N)=O)c(F)c1. The predicted molar refractivity (Wildman–Crippen MR) is 118 cm³/mol. The quantitative estimate of drug-likeness (QED) is 0.578. The normalized spacial score (nSPS) is 15.5. The third-order valence-corrected chi connectivity index (χ3v) is 5.96. The maximum Gasteiger partial charge on any atom is 0.251 e. The van der Waals surface area contributed by atoms with Crippen molar-refractivity contribution in [2.45, 2.75) is 44.1 Å². The smallest absolute Gasteiger partial charge is 0.251 e. The van der Waals surface area contributed by atoms with Crippen molar-refractivity contribution in [2.24, 2.45) is 11.7 Å². The fourth-order valence-corrected chi connectivity index (χ4v) is 3.85. The summed E-state index contributed by atoms with van der Waals surface area (Å²) >= 11 is 0. The summed E-state index contributed by atoms with van der Waals surface area (Å²) in [7, 11) is 3.86. The highest BCUT2D eigenvalue weighted by molar-refractivity contribution is 5.93. The van der Waals surface area contributed by atoms with Crippen LogP contribution in [0.15, 0.2) is 42.7 Å². The van der Waals surface area contributed by atoms with Gasteiger partial charge in [0.15, 0.2) is 0 Å². The fourth-order valence-electron chi connectivity index (χ4n) is 3.85. The van der Waals surface area contributed by atoms with Crippen molar-refractivity contribution < 1.29 is 14.0 Å². The van der Waals surface area contributed by atoms with E-state index in [9.17, 15) is 14.0 Å². The Bertz CT molecular complexity index is 900. The van der Waals surface area contributed by atoms with Gasteiger partial charge in [0.2, 0.25) is 5.91 Å². The standard InChI is InChI=1S/C24H31FN4O2/c1-29(2)20(12-17-5-6-21(24(26)31)22(25)13-17)15-28-23(30)14-19(11-16-3-4-16)18-7-9-27-10-8-18/h5-10,13,16,19-20H,3-4,11-12,14-15H2,1-2H3,(H2,26,31)(H,28,30). The molecule has 31 heavy (non-hydrogen) atoms. The van der Waals surface area contributed by atoms with E-state index < -0.39 is 11.7 Å². The van der Waals surface area contributed by atoms with Gasteiger partial charge in [-0.1, -0.05) is 18.9 Å². The number of halogens is 1. The first-order chi connectivity index (χ1) is 14.8. The number of carbonyl (C=O) groups is 2. The number of likely N-dealkylation sites (N-methyl/N-ethyl adjacent to an activating group) is 1. The van der Waals surface area contributed by atoms with Crippen LogP contribution in [0.5, 0.6) is 0 Å². The molecular formula is C24H31FN4O2. The molecule has 0 radical (unpaired) electrons. The zero-order valence-electron chi connectivity index (χ0n) is 18.2. The van der Waals surface area contributed by atoms with Crippen molar-refractivity contribution in [1.29, 1.82) is 0 Å². The average molecular weight is 427 g/mol. The van der Waals surface area contributed by atoms with E-state index in [-0.39, 0.29) is 23.4 Å². The fraction of sp³-hybridized carbons (Fsp3) is 0.458. The summed E-state index contributed by atoms with van der Waals surface area (Å²) < 4.78 is 14.1. The van der Waals surface area contributed by atoms with Crippen LogP contribution in [0.1, 0.15) is 53.1 Å². The minimum Gasteiger partial charge on any atom is -0.366 e. The molecule has 1 aromatic carbocycles. The number of carbonyl (C=O) groups excluding carboxylic acids is 2. The van der Waals surface area contributed by atoms with Crippen LogP contribution in [0.25, 0.3) is 0 Å². The van der Waals surface area contributed by atoms with Gasteiger partial charge in [-0.2, -0.15) is 0 Å². The lowest BCUT2D eigenvalue weighted by Crippen LogP contribution is -2.42. The van der Waals surface area contributed by atoms with Gasteiger partial charge in [0.25, 0.3) is 5.91 Å². The first kappa shape index (κ1) is 22.9. The Morgan fingerprint density at radius 1 is 1.23 bits per heavy atom. The van der Waals surface area contributed by atoms with E-state index in [1.54, 1.807) is 18.5 Å². The topological polar surface area (TPSA) is 88.3 Å². The molecule has 1 aliphatic carbocycles. The number of nitrogens with zero attached hydrogens (tertiary/aromatic N) is 2. The van der Waals surface area contributed by atoms with Gasteiger partial charge in [0.1, 0.15) is 5.82 Å². The number of hydrogen-bond acceptors (Lipinski definition) is 4. The lowest BCUT2D eigenvalue weighted by Gasteiger charge is -2.25. The number of aromatic nitrogens is 1. The summed E-state index contributed by atoms with van der Waals surface area (Å²) in [4.78, 5) is 30.0. The molecule has 2 unspecified atom stereocenters. The van der Waals surface area contributed by atoms with Gasteiger partial charge in [0.05, 0.1) is 5.56 Å². The Balaban J connectivity index is 1.58. The summed E-state index contributed by atoms with van der Waals surface area (Å²) in [6, 6.07) is 8.44. The molecule has 2 aromatic rings. The second-order valence-corrected chi connectivity index (χ2v) is 8.66. The number of benzene rings is 1. The van der Waals surface area contributed by atoms with E-state index in [2.05, 4.69) is 10.3 Å². The second kappa shape index (κ2) is 10.5. The molecular weight excluding hydrogens is 395 g/mol. The molecule has 0 spiro atoms. The Morgan fingerprint density at radius 2 is 1.94 bits per heavy atom. The number of hydrogen-bond donors (Lipinski definition) is 2. The molecule has 3 rings (SSSR count). The molecule has 6 nitrogen and oxygen atoms in total. The molecule has 0 bridgehead atoms. The Morgan fingerprint density at radius 3 is 2.52 bits per heavy atom. The molecule has 1 fully saturated rings. The van der Waals surface area contributed by atoms with Crippen LogP contribution in [0.3, 0.4) is 0 Å². The van der Waals surface area contributed by atoms with Crippen LogP contribution < -0.4 is 11.1 Å². The molecule has 7 heteroatoms. The maximum atomic E-state index is 14.1. The van der Waals surface area contributed by atoms with E-state index >= 15 is 0 Å². The number of nitrogens with two attached hydrogens (primary N) is 1. The van der Waals surface area contributed by atoms with Crippen molar-refractivity contribution in [3.8, 4) is 0 Å². The second-order valence-electron chi connectivity index (χ2n) is 8.66. The highest BCUT2D eigenvalue weighted by atomic mass is 19.1. The Labute approximate surface area is 183 Å². The van der Waals surface area contributed by atoms with Crippen LogP contribution in [0, 0.1) is 11.7 Å². The van der Waals surface area contributed by atoms with Gasteiger partial charge in [-0.3, -0.25) is 14.6 Å². The zero-order valence-corrected chi connectivity index (χ0v) is 18.2. The molecule has 166 valence electrons. The lowest BCUT2D eigenvalue weighted by atomic mass is 9.91. The molecule has 3 N–H and O–H groups in total. The number of rotatable bonds is 11. The molecule has 2 atom stereocenters. The first-order valence-electron chi connectivity index (χ1n) is 10.7. The molecule has 1 aromatic heterocycles. The minimum atomic E-state index is -0.782. The van der Waals surface area contributed by atoms with Gasteiger partial charge in [0, 0.05) is 31.4 Å². The Hall–Kier alpha value is -2.80. The van der Waals surface area contributed by atoms with Gasteiger partial charge in [-0.25, -0.2) is 4.39 Å². The van der Waals surface area contributed by atoms with Crippen molar-refractivity contribution in [2.75, 3.05) is 20.6 Å². The molecule has 1 saturated carbocycles. The van der Waals surface area contributed by atoms with Gasteiger partial charge >= 0.3 is 0 Å². The van der Waals surface area contributed by atoms with Crippen molar-refractivity contribution in [1.82, 2.24) is 15.2 Å². The summed E-state index contributed by atoms with van der Waals surface area (Å²) in [5.74, 6) is -0.464. The summed E-state index contributed by atoms with van der Waals surface area (Å²) in [6.45, 7) is 0.456. The van der Waals surface area contributed by atoms with Crippen LogP contribution >= 0.6 is 0 Å². The summed E-state index contributed by atoms with van der Waals surface area (Å²) in [6.07, 6.45) is 8.06. The zero-order chi connectivity index (χ0) is 22.4. The maximum absolute atomic E-state index is 14.1. The summed E-state index contributed by atoms with van der Waals surface area (Å²) in [5, 5.41) is 3.06. The van der Waals surface area contributed by atoms with Crippen LogP contribution in [0.2, 0.25) is 0 Å². The van der Waals surface area contributed by atoms with E-state index in [1.165, 1.54) is 25.0 Å². The third-order valence-electron chi connectivity index (χ3n) is 5.96. The first-order valence-corrected chi connectivity index (χ1v) is 10.7. The van der Waals surface area contributed by atoms with Crippen molar-refractivity contribution in [3.05, 3.63) is 65.2 Å². The van der Waals surface area contributed by atoms with E-state index in [4.69, 9.17) is 5.73 Å². The monoisotopic (exact) mass is 426 g/mol. The van der Waals surface area contributed by atoms with Gasteiger partial charge < -0.3 is 16.0 Å². The predicted octanol–water partition coefficient (Wildman–Crippen LogP) is 2.88. The van der Waals surface area contributed by atoms with Crippen LogP contribution in [-0.2, 0) is 11.2 Å². The Kier molecular flexibility index (Phi) is 7.74. The number of pyridine rings is 1. The minimum absolute atomic E-state index is 0.00872. The van der Waals surface area contributed by atoms with E-state index in [0.717, 1.165) is 23.5 Å². The van der Waals surface area contributed by atoms with Crippen molar-refractivity contribution >= 4 is 11.8 Å². The largest absolute Gasteiger partial charge is 0.366 e. The van der Waals surface area contributed by atoms with Gasteiger partial charge in [-0.15, -0.1) is 0 Å². The highest BCUT2D eigenvalue weighted by Crippen LogP contribution is 2.39. The molecule has 1 aliphatic rings. The van der Waals surface area contributed by atoms with E-state index in [1.807, 2.05) is 31.1 Å². The average Bonchev–Trinajstić information content (AvgIpc) is 3.55. The number of primary amides is 1. The molecule has 0 saturated heterocycles. The van der Waals surface area contributed by atoms with Crippen LogP contribution in [-0.4, -0.2) is 48.4 Å². The molecule has 2 amide bonds. The van der Waals surface area contributed by atoms with Gasteiger partial charge in [-0.05, 0) is 74.2 Å². The number of amides is 2. The highest BCUT2D eigenvalue weighted by Gasteiger charge is 2.28. The van der Waals surface area contributed by atoms with E-state index in [0.29, 0.717) is 19.4 Å².